The summed E-state index contributed by atoms with van der Waals surface area (Å²) in [7, 11) is 5.67. The number of nitrogens with zero attached hydrogens (tertiary/aromatic N) is 3. The molecule has 0 aromatic heterocycles. The van der Waals surface area contributed by atoms with Crippen molar-refractivity contribution in [3.63, 3.8) is 0 Å². The average Bonchev–Trinajstić information content (AvgIpc) is 2.69. The fraction of sp³-hybridized carbons (Fsp3) is 0.792. The number of carbonyl (C=O) groups is 3. The number of carbonyl (C=O) groups excluding carboxylic acids is 3. The third kappa shape index (κ3) is 7.59. The molecule has 0 aromatic carbocycles. The summed E-state index contributed by atoms with van der Waals surface area (Å²) < 4.78 is 5.09. The lowest BCUT2D eigenvalue weighted by Crippen LogP contribution is -2.62. The van der Waals surface area contributed by atoms with Crippen LogP contribution in [0.2, 0.25) is 0 Å². The van der Waals surface area contributed by atoms with Crippen molar-refractivity contribution in [2.24, 2.45) is 11.3 Å². The zero-order chi connectivity index (χ0) is 24.8. The number of ether oxygens (including phenoxy) is 1. The van der Waals surface area contributed by atoms with Crippen molar-refractivity contribution >= 4 is 17.8 Å². The summed E-state index contributed by atoms with van der Waals surface area (Å²) in [5.41, 5.74) is -0.0184. The number of amides is 2. The molecule has 0 radical (unpaired) electrons. The molecule has 0 aliphatic carbocycles. The molecule has 0 saturated carbocycles. The molecule has 8 nitrogen and oxygen atoms in total. The SMILES string of the molecule is CCOC(=O)/C(C)=C/[C@H](C(C)C)N(C)C(=O)C(NC(=O)C1CN(C)CCN1C)C(C)(C)C. The van der Waals surface area contributed by atoms with Gasteiger partial charge in [0.15, 0.2) is 0 Å². The van der Waals surface area contributed by atoms with Crippen LogP contribution in [0.1, 0.15) is 48.5 Å². The highest BCUT2D eigenvalue weighted by molar-refractivity contribution is 5.91. The maximum atomic E-state index is 13.6. The second-order valence-corrected chi connectivity index (χ2v) is 10.3. The molecular weight excluding hydrogens is 408 g/mol. The van der Waals surface area contributed by atoms with Crippen molar-refractivity contribution in [1.82, 2.24) is 20.0 Å². The van der Waals surface area contributed by atoms with E-state index in [-0.39, 0.29) is 35.8 Å². The van der Waals surface area contributed by atoms with Crippen LogP contribution in [0.3, 0.4) is 0 Å². The molecule has 184 valence electrons. The van der Waals surface area contributed by atoms with Crippen LogP contribution >= 0.6 is 0 Å². The third-order valence-electron chi connectivity index (χ3n) is 6.05. The van der Waals surface area contributed by atoms with E-state index in [4.69, 9.17) is 4.74 Å². The second kappa shape index (κ2) is 11.8. The van der Waals surface area contributed by atoms with Gasteiger partial charge in [-0.15, -0.1) is 0 Å². The number of likely N-dealkylation sites (N-methyl/N-ethyl adjacent to an activating group) is 3. The van der Waals surface area contributed by atoms with Gasteiger partial charge in [-0.3, -0.25) is 14.5 Å². The second-order valence-electron chi connectivity index (χ2n) is 10.3. The first-order valence-corrected chi connectivity index (χ1v) is 11.5. The fourth-order valence-corrected chi connectivity index (χ4v) is 3.85. The summed E-state index contributed by atoms with van der Waals surface area (Å²) in [5, 5.41) is 3.04. The van der Waals surface area contributed by atoms with E-state index < -0.39 is 11.5 Å². The van der Waals surface area contributed by atoms with Crippen LogP contribution in [0, 0.1) is 11.3 Å². The quantitative estimate of drug-likeness (QED) is 0.446. The van der Waals surface area contributed by atoms with Gasteiger partial charge < -0.3 is 19.9 Å². The van der Waals surface area contributed by atoms with E-state index >= 15 is 0 Å². The maximum absolute atomic E-state index is 13.6. The lowest BCUT2D eigenvalue weighted by molar-refractivity contribution is -0.142. The minimum Gasteiger partial charge on any atom is -0.463 e. The number of nitrogens with one attached hydrogen (secondary N) is 1. The monoisotopic (exact) mass is 452 g/mol. The highest BCUT2D eigenvalue weighted by Crippen LogP contribution is 2.24. The van der Waals surface area contributed by atoms with E-state index in [1.165, 1.54) is 0 Å². The molecule has 1 aliphatic heterocycles. The topological polar surface area (TPSA) is 82.2 Å². The molecule has 2 amide bonds. The molecule has 2 unspecified atom stereocenters. The van der Waals surface area contributed by atoms with Crippen molar-refractivity contribution in [2.75, 3.05) is 47.4 Å². The predicted molar refractivity (Wildman–Crippen MR) is 127 cm³/mol. The molecule has 3 atom stereocenters. The van der Waals surface area contributed by atoms with Gasteiger partial charge in [0.05, 0.1) is 12.6 Å². The minimum absolute atomic E-state index is 0.0720. The average molecular weight is 453 g/mol. The van der Waals surface area contributed by atoms with Gasteiger partial charge in [0, 0.05) is 32.3 Å². The first kappa shape index (κ1) is 28.1. The Morgan fingerprint density at radius 3 is 2.28 bits per heavy atom. The molecule has 0 bridgehead atoms. The van der Waals surface area contributed by atoms with Gasteiger partial charge in [0.2, 0.25) is 11.8 Å². The molecule has 1 rings (SSSR count). The Hall–Kier alpha value is -1.93. The molecule has 32 heavy (non-hydrogen) atoms. The summed E-state index contributed by atoms with van der Waals surface area (Å²) in [6.07, 6.45) is 1.78. The van der Waals surface area contributed by atoms with Crippen molar-refractivity contribution in [2.45, 2.75) is 66.6 Å². The molecule has 1 N–H and O–H groups in total. The molecule has 0 aromatic rings. The van der Waals surface area contributed by atoms with E-state index in [0.717, 1.165) is 13.1 Å². The lowest BCUT2D eigenvalue weighted by atomic mass is 9.84. The fourth-order valence-electron chi connectivity index (χ4n) is 3.85. The minimum atomic E-state index is -0.696. The van der Waals surface area contributed by atoms with Crippen LogP contribution < -0.4 is 5.32 Å². The van der Waals surface area contributed by atoms with Crippen LogP contribution in [0.15, 0.2) is 11.6 Å². The Morgan fingerprint density at radius 1 is 1.19 bits per heavy atom. The Bertz CT molecular complexity index is 699. The van der Waals surface area contributed by atoms with Crippen molar-refractivity contribution < 1.29 is 19.1 Å². The first-order valence-electron chi connectivity index (χ1n) is 11.5. The zero-order valence-electron chi connectivity index (χ0n) is 21.7. The van der Waals surface area contributed by atoms with Gasteiger partial charge in [-0.2, -0.15) is 0 Å². The number of hydrogen-bond acceptors (Lipinski definition) is 6. The Morgan fingerprint density at radius 2 is 1.78 bits per heavy atom. The first-order chi connectivity index (χ1) is 14.7. The van der Waals surface area contributed by atoms with E-state index in [1.807, 2.05) is 53.6 Å². The van der Waals surface area contributed by atoms with Crippen LogP contribution in [0.25, 0.3) is 0 Å². The number of piperazine rings is 1. The highest BCUT2D eigenvalue weighted by Gasteiger charge is 2.39. The molecule has 8 heteroatoms. The van der Waals surface area contributed by atoms with Crippen molar-refractivity contribution in [3.8, 4) is 0 Å². The van der Waals surface area contributed by atoms with Crippen LogP contribution in [-0.4, -0.2) is 98.0 Å². The maximum Gasteiger partial charge on any atom is 0.333 e. The normalized spacial score (nSPS) is 20.6. The number of hydrogen-bond donors (Lipinski definition) is 1. The van der Waals surface area contributed by atoms with Gasteiger partial charge >= 0.3 is 5.97 Å². The van der Waals surface area contributed by atoms with E-state index in [0.29, 0.717) is 18.7 Å². The van der Waals surface area contributed by atoms with Gasteiger partial charge in [0.1, 0.15) is 12.1 Å². The summed E-state index contributed by atoms with van der Waals surface area (Å²) in [6, 6.07) is -1.31. The Balaban J connectivity index is 3.12. The van der Waals surface area contributed by atoms with Gasteiger partial charge in [-0.1, -0.05) is 40.7 Å². The van der Waals surface area contributed by atoms with E-state index in [1.54, 1.807) is 31.9 Å². The predicted octanol–water partition coefficient (Wildman–Crippen LogP) is 1.76. The Kier molecular flexibility index (Phi) is 10.4. The highest BCUT2D eigenvalue weighted by atomic mass is 16.5. The lowest BCUT2D eigenvalue weighted by Gasteiger charge is -2.40. The smallest absolute Gasteiger partial charge is 0.333 e. The summed E-state index contributed by atoms with van der Waals surface area (Å²) >= 11 is 0. The van der Waals surface area contributed by atoms with Gasteiger partial charge in [-0.05, 0) is 39.3 Å². The molecule has 1 fully saturated rings. The Labute approximate surface area is 194 Å². The van der Waals surface area contributed by atoms with Gasteiger partial charge in [0.25, 0.3) is 0 Å². The summed E-state index contributed by atoms with van der Waals surface area (Å²) in [5.74, 6) is -0.628. The van der Waals surface area contributed by atoms with Crippen LogP contribution in [0.5, 0.6) is 0 Å². The molecule has 1 saturated heterocycles. The zero-order valence-corrected chi connectivity index (χ0v) is 21.7. The van der Waals surface area contributed by atoms with Crippen LogP contribution in [-0.2, 0) is 19.1 Å². The summed E-state index contributed by atoms with van der Waals surface area (Å²) in [6.45, 7) is 15.9. The molecular formula is C24H44N4O4. The van der Waals surface area contributed by atoms with Crippen LogP contribution in [0.4, 0.5) is 0 Å². The standard InChI is InChI=1S/C24H44N4O4/c1-11-32-23(31)17(4)14-18(16(2)3)28(10)22(30)20(24(5,6)7)25-21(29)19-15-26(8)12-13-27(19)9/h14,16,18-20H,11-13,15H2,1-10H3,(H,25,29)/b17-14+/t18-,19?,20?/m1/s1. The van der Waals surface area contributed by atoms with E-state index in [9.17, 15) is 14.4 Å². The largest absolute Gasteiger partial charge is 0.463 e. The molecule has 0 spiro atoms. The van der Waals surface area contributed by atoms with Crippen molar-refractivity contribution in [3.05, 3.63) is 11.6 Å². The van der Waals surface area contributed by atoms with Gasteiger partial charge in [-0.25, -0.2) is 4.79 Å². The van der Waals surface area contributed by atoms with E-state index in [2.05, 4.69) is 10.2 Å². The van der Waals surface area contributed by atoms with Crippen molar-refractivity contribution in [1.29, 1.82) is 0 Å². The summed E-state index contributed by atoms with van der Waals surface area (Å²) in [4.78, 5) is 44.7. The third-order valence-corrected chi connectivity index (χ3v) is 6.05. The molecule has 1 aliphatic rings. The molecule has 1 heterocycles. The number of esters is 1. The number of rotatable bonds is 8.